The summed E-state index contributed by atoms with van der Waals surface area (Å²) in [5, 5.41) is 4.50. The maximum absolute atomic E-state index is 14.8. The summed E-state index contributed by atoms with van der Waals surface area (Å²) in [5.41, 5.74) is 5.01. The van der Waals surface area contributed by atoms with Gasteiger partial charge in [0.25, 0.3) is 5.91 Å². The van der Waals surface area contributed by atoms with Crippen LogP contribution in [0.1, 0.15) is 34.3 Å². The minimum Gasteiger partial charge on any atom is -0.322 e. The third-order valence-electron chi connectivity index (χ3n) is 6.41. The number of anilines is 1. The molecule has 1 N–H and O–H groups in total. The highest BCUT2D eigenvalue weighted by molar-refractivity contribution is 6.30. The second-order valence-electron chi connectivity index (χ2n) is 8.79. The van der Waals surface area contributed by atoms with Gasteiger partial charge in [-0.15, -0.1) is 0 Å². The summed E-state index contributed by atoms with van der Waals surface area (Å²) in [6, 6.07) is 17.7. The molecular weight excluding hydrogens is 449 g/mol. The lowest BCUT2D eigenvalue weighted by Crippen LogP contribution is -2.18. The van der Waals surface area contributed by atoms with Gasteiger partial charge >= 0.3 is 0 Å². The largest absolute Gasteiger partial charge is 0.322 e. The number of fused-ring (bicyclic) bond motifs is 1. The number of rotatable bonds is 5. The van der Waals surface area contributed by atoms with Gasteiger partial charge in [0.2, 0.25) is 0 Å². The number of hydrogen-bond acceptors (Lipinski definition) is 3. The molecule has 1 aromatic heterocycles. The van der Waals surface area contributed by atoms with Gasteiger partial charge in [-0.05, 0) is 91.5 Å². The number of benzene rings is 3. The van der Waals surface area contributed by atoms with Crippen LogP contribution >= 0.6 is 11.6 Å². The Morgan fingerprint density at radius 2 is 1.76 bits per heavy atom. The van der Waals surface area contributed by atoms with Gasteiger partial charge in [-0.1, -0.05) is 35.9 Å². The van der Waals surface area contributed by atoms with Crippen molar-refractivity contribution < 1.29 is 9.18 Å². The maximum Gasteiger partial charge on any atom is 0.258 e. The molecule has 4 aromatic rings. The van der Waals surface area contributed by atoms with Gasteiger partial charge < -0.3 is 5.32 Å². The summed E-state index contributed by atoms with van der Waals surface area (Å²) < 4.78 is 14.8. The van der Waals surface area contributed by atoms with Crippen molar-refractivity contribution in [2.45, 2.75) is 26.3 Å². The zero-order valence-electron chi connectivity index (χ0n) is 18.9. The fourth-order valence-electron chi connectivity index (χ4n) is 4.53. The summed E-state index contributed by atoms with van der Waals surface area (Å²) in [5.74, 6) is -1.07. The number of carbonyl (C=O) groups excluding carboxylic acids is 1. The molecule has 1 aliphatic heterocycles. The summed E-state index contributed by atoms with van der Waals surface area (Å²) in [6.45, 7) is 5.11. The van der Waals surface area contributed by atoms with Crippen LogP contribution in [0.5, 0.6) is 0 Å². The van der Waals surface area contributed by atoms with Crippen LogP contribution in [-0.2, 0) is 6.54 Å². The molecule has 1 aliphatic rings. The van der Waals surface area contributed by atoms with E-state index < -0.39 is 11.7 Å². The van der Waals surface area contributed by atoms with E-state index in [9.17, 15) is 9.18 Å². The lowest BCUT2D eigenvalue weighted by atomic mass is 10.0. The first-order valence-corrected chi connectivity index (χ1v) is 11.8. The highest BCUT2D eigenvalue weighted by Gasteiger charge is 2.16. The molecule has 0 radical (unpaired) electrons. The van der Waals surface area contributed by atoms with E-state index in [0.29, 0.717) is 16.3 Å². The van der Waals surface area contributed by atoms with E-state index in [1.165, 1.54) is 30.5 Å². The Balaban J connectivity index is 1.35. The first kappa shape index (κ1) is 22.5. The van der Waals surface area contributed by atoms with Crippen LogP contribution in [0.4, 0.5) is 10.1 Å². The molecule has 1 fully saturated rings. The Hall–Kier alpha value is -3.28. The number of nitrogens with zero attached hydrogens (tertiary/aromatic N) is 2. The molecule has 2 heterocycles. The first-order chi connectivity index (χ1) is 16.5. The Morgan fingerprint density at radius 3 is 2.50 bits per heavy atom. The van der Waals surface area contributed by atoms with E-state index in [4.69, 9.17) is 11.6 Å². The summed E-state index contributed by atoms with van der Waals surface area (Å²) in [6.07, 6.45) is 4.43. The number of aryl methyl sites for hydroxylation is 1. The number of amides is 1. The molecule has 0 unspecified atom stereocenters. The molecule has 0 bridgehead atoms. The van der Waals surface area contributed by atoms with Crippen molar-refractivity contribution in [3.05, 3.63) is 94.4 Å². The standard InChI is InChI=1S/C28H25ClFN3O/c1-18-26(11-7-22-14-19(16-31-27(18)22)17-33-12-2-3-13-33)32-28(34)24-10-6-21(15-25(24)30)20-4-8-23(29)9-5-20/h4-11,14-16H,2-3,12-13,17H2,1H3,(H,32,34). The number of likely N-dealkylation sites (tertiary alicyclic amines) is 1. The molecule has 6 heteroatoms. The first-order valence-electron chi connectivity index (χ1n) is 11.5. The van der Waals surface area contributed by atoms with Crippen molar-refractivity contribution in [3.8, 4) is 11.1 Å². The molecule has 0 saturated carbocycles. The maximum atomic E-state index is 14.8. The summed E-state index contributed by atoms with van der Waals surface area (Å²) >= 11 is 5.93. The SMILES string of the molecule is Cc1c(NC(=O)c2ccc(-c3ccc(Cl)cc3)cc2F)ccc2cc(CN3CCCC3)cnc12. The molecule has 4 nitrogen and oxygen atoms in total. The van der Waals surface area contributed by atoms with E-state index in [0.717, 1.165) is 41.7 Å². The van der Waals surface area contributed by atoms with E-state index in [-0.39, 0.29) is 5.56 Å². The van der Waals surface area contributed by atoms with Gasteiger partial charge in [-0.25, -0.2) is 4.39 Å². The molecule has 34 heavy (non-hydrogen) atoms. The number of pyridine rings is 1. The van der Waals surface area contributed by atoms with Crippen LogP contribution < -0.4 is 5.32 Å². The molecular formula is C28H25ClFN3O. The highest BCUT2D eigenvalue weighted by atomic mass is 35.5. The van der Waals surface area contributed by atoms with E-state index in [2.05, 4.69) is 21.3 Å². The monoisotopic (exact) mass is 473 g/mol. The number of nitrogens with one attached hydrogen (secondary N) is 1. The zero-order chi connectivity index (χ0) is 23.7. The van der Waals surface area contributed by atoms with Crippen molar-refractivity contribution >= 4 is 34.1 Å². The predicted octanol–water partition coefficient (Wildman–Crippen LogP) is 6.85. The molecule has 1 amide bonds. The fraction of sp³-hybridized carbons (Fsp3) is 0.214. The molecule has 0 atom stereocenters. The molecule has 0 aliphatic carbocycles. The predicted molar refractivity (Wildman–Crippen MR) is 136 cm³/mol. The van der Waals surface area contributed by atoms with Gasteiger partial charge in [0.15, 0.2) is 0 Å². The third kappa shape index (κ3) is 4.67. The van der Waals surface area contributed by atoms with E-state index in [1.54, 1.807) is 18.2 Å². The van der Waals surface area contributed by atoms with Crippen molar-refractivity contribution in [1.82, 2.24) is 9.88 Å². The van der Waals surface area contributed by atoms with E-state index >= 15 is 0 Å². The summed E-state index contributed by atoms with van der Waals surface area (Å²) in [7, 11) is 0. The second-order valence-corrected chi connectivity index (χ2v) is 9.23. The topological polar surface area (TPSA) is 45.2 Å². The molecule has 172 valence electrons. The zero-order valence-corrected chi connectivity index (χ0v) is 19.7. The van der Waals surface area contributed by atoms with Gasteiger partial charge in [0.1, 0.15) is 5.82 Å². The number of hydrogen-bond donors (Lipinski definition) is 1. The van der Waals surface area contributed by atoms with Crippen LogP contribution in [0, 0.1) is 12.7 Å². The molecule has 1 saturated heterocycles. The molecule has 3 aromatic carbocycles. The Bertz CT molecular complexity index is 1360. The van der Waals surface area contributed by atoms with Crippen LogP contribution in [-0.4, -0.2) is 28.9 Å². The lowest BCUT2D eigenvalue weighted by Gasteiger charge is -2.15. The highest BCUT2D eigenvalue weighted by Crippen LogP contribution is 2.27. The Morgan fingerprint density at radius 1 is 1.03 bits per heavy atom. The van der Waals surface area contributed by atoms with Crippen LogP contribution in [0.2, 0.25) is 5.02 Å². The second kappa shape index (κ2) is 9.53. The third-order valence-corrected chi connectivity index (χ3v) is 6.66. The minimum atomic E-state index is -0.576. The van der Waals surface area contributed by atoms with Crippen molar-refractivity contribution in [2.75, 3.05) is 18.4 Å². The van der Waals surface area contributed by atoms with Crippen molar-refractivity contribution in [3.63, 3.8) is 0 Å². The Kier molecular flexibility index (Phi) is 6.31. The van der Waals surface area contributed by atoms with Crippen LogP contribution in [0.25, 0.3) is 22.0 Å². The summed E-state index contributed by atoms with van der Waals surface area (Å²) in [4.78, 5) is 20.0. The average molecular weight is 474 g/mol. The quantitative estimate of drug-likeness (QED) is 0.344. The molecule has 5 rings (SSSR count). The van der Waals surface area contributed by atoms with Crippen molar-refractivity contribution in [2.24, 2.45) is 0 Å². The van der Waals surface area contributed by atoms with E-state index in [1.807, 2.05) is 37.4 Å². The minimum absolute atomic E-state index is 0.00821. The number of halogens is 2. The average Bonchev–Trinajstić information content (AvgIpc) is 3.34. The fourth-order valence-corrected chi connectivity index (χ4v) is 4.65. The Labute approximate surface area is 203 Å². The van der Waals surface area contributed by atoms with Crippen LogP contribution in [0.3, 0.4) is 0 Å². The van der Waals surface area contributed by atoms with Crippen LogP contribution in [0.15, 0.2) is 66.9 Å². The van der Waals surface area contributed by atoms with Gasteiger partial charge in [-0.2, -0.15) is 0 Å². The number of aromatic nitrogens is 1. The smallest absolute Gasteiger partial charge is 0.258 e. The molecule has 0 spiro atoms. The normalized spacial score (nSPS) is 14.0. The number of carbonyl (C=O) groups is 1. The van der Waals surface area contributed by atoms with Gasteiger partial charge in [0.05, 0.1) is 11.1 Å². The van der Waals surface area contributed by atoms with Gasteiger partial charge in [0, 0.05) is 28.8 Å². The lowest BCUT2D eigenvalue weighted by molar-refractivity contribution is 0.102. The van der Waals surface area contributed by atoms with Gasteiger partial charge in [-0.3, -0.25) is 14.7 Å². The van der Waals surface area contributed by atoms with Crippen molar-refractivity contribution in [1.29, 1.82) is 0 Å².